The Morgan fingerprint density at radius 1 is 1.26 bits per heavy atom. The number of hydrogen-bond donors (Lipinski definition) is 1. The highest BCUT2D eigenvalue weighted by atomic mass is 35.5. The maximum atomic E-state index is 12.1. The molecule has 0 spiro atoms. The van der Waals surface area contributed by atoms with E-state index in [0.29, 0.717) is 5.69 Å². The number of rotatable bonds is 3. The Morgan fingerprint density at radius 2 is 2.00 bits per heavy atom. The Bertz CT molecular complexity index is 720. The number of sulfonamides is 1. The molecule has 0 aromatic carbocycles. The van der Waals surface area contributed by atoms with Crippen LogP contribution in [0, 0.1) is 6.92 Å². The second-order valence-corrected chi connectivity index (χ2v) is 6.19. The molecule has 0 aliphatic rings. The van der Waals surface area contributed by atoms with Crippen molar-refractivity contribution in [1.29, 1.82) is 0 Å². The summed E-state index contributed by atoms with van der Waals surface area (Å²) in [6, 6.07) is 2.94. The van der Waals surface area contributed by atoms with Gasteiger partial charge < -0.3 is 0 Å². The van der Waals surface area contributed by atoms with Gasteiger partial charge >= 0.3 is 0 Å². The second-order valence-electron chi connectivity index (χ2n) is 3.74. The average molecular weight is 318 g/mol. The third kappa shape index (κ3) is 3.15. The Morgan fingerprint density at radius 3 is 2.63 bits per heavy atom. The molecule has 8 heteroatoms. The zero-order chi connectivity index (χ0) is 14.0. The third-order valence-corrected chi connectivity index (χ3v) is 4.38. The number of aryl methyl sites for hydroxylation is 1. The molecule has 100 valence electrons. The van der Waals surface area contributed by atoms with E-state index in [1.807, 2.05) is 0 Å². The van der Waals surface area contributed by atoms with Gasteiger partial charge in [0, 0.05) is 12.4 Å². The van der Waals surface area contributed by atoms with Gasteiger partial charge in [0.05, 0.1) is 16.9 Å². The van der Waals surface area contributed by atoms with Gasteiger partial charge in [-0.3, -0.25) is 9.71 Å². The van der Waals surface area contributed by atoms with Crippen LogP contribution in [0.2, 0.25) is 10.2 Å². The molecule has 2 aromatic heterocycles. The van der Waals surface area contributed by atoms with Gasteiger partial charge in [0.25, 0.3) is 10.0 Å². The Balaban J connectivity index is 2.38. The van der Waals surface area contributed by atoms with Crippen molar-refractivity contribution in [3.8, 4) is 0 Å². The van der Waals surface area contributed by atoms with Crippen LogP contribution in [0.1, 0.15) is 5.56 Å². The largest absolute Gasteiger partial charge is 0.278 e. The Labute approximate surface area is 120 Å². The number of halogens is 2. The summed E-state index contributed by atoms with van der Waals surface area (Å²) in [7, 11) is -3.77. The molecule has 0 aliphatic heterocycles. The van der Waals surface area contributed by atoms with Crippen molar-refractivity contribution in [1.82, 2.24) is 9.97 Å². The van der Waals surface area contributed by atoms with Crippen molar-refractivity contribution in [2.24, 2.45) is 0 Å². The lowest BCUT2D eigenvalue weighted by molar-refractivity contribution is 0.600. The van der Waals surface area contributed by atoms with E-state index in [1.54, 1.807) is 19.2 Å². The van der Waals surface area contributed by atoms with E-state index < -0.39 is 10.0 Å². The summed E-state index contributed by atoms with van der Waals surface area (Å²) in [6.45, 7) is 1.77. The topological polar surface area (TPSA) is 72.0 Å². The predicted octanol–water partition coefficient (Wildman–Crippen LogP) is 2.89. The first-order chi connectivity index (χ1) is 8.90. The first kappa shape index (κ1) is 14.0. The zero-order valence-corrected chi connectivity index (χ0v) is 12.1. The zero-order valence-electron chi connectivity index (χ0n) is 9.76. The lowest BCUT2D eigenvalue weighted by Gasteiger charge is -2.09. The van der Waals surface area contributed by atoms with Gasteiger partial charge in [0.1, 0.15) is 10.0 Å². The molecular weight excluding hydrogens is 309 g/mol. The lowest BCUT2D eigenvalue weighted by Crippen LogP contribution is -2.14. The van der Waals surface area contributed by atoms with Crippen LogP contribution >= 0.6 is 23.2 Å². The van der Waals surface area contributed by atoms with E-state index in [-0.39, 0.29) is 15.1 Å². The van der Waals surface area contributed by atoms with Crippen molar-refractivity contribution >= 4 is 38.9 Å². The molecule has 0 atom stereocenters. The molecule has 0 amide bonds. The van der Waals surface area contributed by atoms with Crippen LogP contribution in [-0.2, 0) is 10.0 Å². The van der Waals surface area contributed by atoms with Gasteiger partial charge in [-0.25, -0.2) is 13.4 Å². The SMILES string of the molecule is Cc1ccncc1NS(=O)(=O)c1cnc(Cl)c(Cl)c1. The number of anilines is 1. The normalized spacial score (nSPS) is 11.3. The van der Waals surface area contributed by atoms with Gasteiger partial charge in [0.15, 0.2) is 0 Å². The summed E-state index contributed by atoms with van der Waals surface area (Å²) in [6.07, 6.45) is 4.15. The van der Waals surface area contributed by atoms with E-state index in [1.165, 1.54) is 12.3 Å². The molecule has 0 radical (unpaired) electrons. The fourth-order valence-corrected chi connectivity index (χ4v) is 2.75. The van der Waals surface area contributed by atoms with Gasteiger partial charge in [-0.1, -0.05) is 23.2 Å². The van der Waals surface area contributed by atoms with E-state index >= 15 is 0 Å². The maximum absolute atomic E-state index is 12.1. The van der Waals surface area contributed by atoms with E-state index in [0.717, 1.165) is 11.8 Å². The minimum atomic E-state index is -3.77. The van der Waals surface area contributed by atoms with Crippen LogP contribution < -0.4 is 4.72 Å². The van der Waals surface area contributed by atoms with Crippen molar-refractivity contribution in [2.45, 2.75) is 11.8 Å². The number of aromatic nitrogens is 2. The first-order valence-corrected chi connectivity index (χ1v) is 7.38. The standard InChI is InChI=1S/C11H9Cl2N3O2S/c1-7-2-3-14-6-10(7)16-19(17,18)8-4-9(12)11(13)15-5-8/h2-6,16H,1H3. The molecule has 0 aliphatic carbocycles. The molecule has 19 heavy (non-hydrogen) atoms. The summed E-state index contributed by atoms with van der Waals surface area (Å²) in [5, 5.41) is 0.130. The molecule has 0 unspecified atom stereocenters. The van der Waals surface area contributed by atoms with E-state index in [2.05, 4.69) is 14.7 Å². The minimum absolute atomic E-state index is 0.0539. The summed E-state index contributed by atoms with van der Waals surface area (Å²) >= 11 is 11.4. The lowest BCUT2D eigenvalue weighted by atomic mass is 10.3. The molecule has 0 bridgehead atoms. The molecule has 0 fully saturated rings. The van der Waals surface area contributed by atoms with Crippen molar-refractivity contribution in [3.63, 3.8) is 0 Å². The van der Waals surface area contributed by atoms with E-state index in [9.17, 15) is 8.42 Å². The highest BCUT2D eigenvalue weighted by molar-refractivity contribution is 7.92. The number of hydrogen-bond acceptors (Lipinski definition) is 4. The van der Waals surface area contributed by atoms with Gasteiger partial charge in [-0.05, 0) is 24.6 Å². The van der Waals surface area contributed by atoms with Crippen LogP contribution in [0.15, 0.2) is 35.6 Å². The summed E-state index contributed by atoms with van der Waals surface area (Å²) in [4.78, 5) is 7.51. The van der Waals surface area contributed by atoms with Crippen LogP contribution in [-0.4, -0.2) is 18.4 Å². The van der Waals surface area contributed by atoms with Crippen LogP contribution in [0.25, 0.3) is 0 Å². The van der Waals surface area contributed by atoms with Gasteiger partial charge in [-0.15, -0.1) is 0 Å². The highest BCUT2D eigenvalue weighted by Crippen LogP contribution is 2.24. The average Bonchev–Trinajstić information content (AvgIpc) is 2.35. The monoisotopic (exact) mass is 317 g/mol. The van der Waals surface area contributed by atoms with Gasteiger partial charge in [0.2, 0.25) is 0 Å². The molecule has 2 rings (SSSR count). The predicted molar refractivity (Wildman–Crippen MR) is 74.0 cm³/mol. The third-order valence-electron chi connectivity index (χ3n) is 2.36. The molecule has 5 nitrogen and oxygen atoms in total. The molecule has 1 N–H and O–H groups in total. The maximum Gasteiger partial charge on any atom is 0.263 e. The Hall–Kier alpha value is -1.37. The van der Waals surface area contributed by atoms with Crippen LogP contribution in [0.3, 0.4) is 0 Å². The fraction of sp³-hybridized carbons (Fsp3) is 0.0909. The molecule has 0 saturated carbocycles. The summed E-state index contributed by atoms with van der Waals surface area (Å²) in [5.41, 5.74) is 1.15. The molecule has 2 heterocycles. The Kier molecular flexibility index (Phi) is 3.93. The number of nitrogens with zero attached hydrogens (tertiary/aromatic N) is 2. The first-order valence-electron chi connectivity index (χ1n) is 5.14. The highest BCUT2D eigenvalue weighted by Gasteiger charge is 2.17. The fourth-order valence-electron chi connectivity index (χ4n) is 1.33. The van der Waals surface area contributed by atoms with Crippen LogP contribution in [0.4, 0.5) is 5.69 Å². The van der Waals surface area contributed by atoms with Crippen molar-refractivity contribution in [2.75, 3.05) is 4.72 Å². The molecular formula is C11H9Cl2N3O2S. The molecule has 2 aromatic rings. The molecule has 0 saturated heterocycles. The number of nitrogens with one attached hydrogen (secondary N) is 1. The minimum Gasteiger partial charge on any atom is -0.278 e. The second kappa shape index (κ2) is 5.32. The summed E-state index contributed by atoms with van der Waals surface area (Å²) < 4.78 is 26.7. The quantitative estimate of drug-likeness (QED) is 0.883. The van der Waals surface area contributed by atoms with Crippen molar-refractivity contribution in [3.05, 3.63) is 46.5 Å². The number of pyridine rings is 2. The smallest absolute Gasteiger partial charge is 0.263 e. The summed E-state index contributed by atoms with van der Waals surface area (Å²) in [5.74, 6) is 0. The van der Waals surface area contributed by atoms with Crippen LogP contribution in [0.5, 0.6) is 0 Å². The van der Waals surface area contributed by atoms with Gasteiger partial charge in [-0.2, -0.15) is 0 Å². The van der Waals surface area contributed by atoms with E-state index in [4.69, 9.17) is 23.2 Å². The van der Waals surface area contributed by atoms with Crippen molar-refractivity contribution < 1.29 is 8.42 Å².